The maximum atomic E-state index is 10.9. The van der Waals surface area contributed by atoms with Gasteiger partial charge in [0.15, 0.2) is 6.29 Å². The van der Waals surface area contributed by atoms with Crippen LogP contribution in [-0.2, 0) is 0 Å². The molecule has 0 saturated heterocycles. The van der Waals surface area contributed by atoms with Gasteiger partial charge in [0.05, 0.1) is 17.8 Å². The summed E-state index contributed by atoms with van der Waals surface area (Å²) >= 11 is 0. The van der Waals surface area contributed by atoms with Crippen LogP contribution in [0.25, 0.3) is 6.08 Å². The number of rotatable bonds is 8. The van der Waals surface area contributed by atoms with Gasteiger partial charge in [-0.3, -0.25) is 4.79 Å². The monoisotopic (exact) mass is 278 g/mol. The Hall–Kier alpha value is -1.65. The van der Waals surface area contributed by atoms with Gasteiger partial charge >= 0.3 is 0 Å². The van der Waals surface area contributed by atoms with Crippen molar-refractivity contribution in [3.8, 4) is 5.75 Å². The number of phenolic OH excluding ortho intramolecular Hbond substituents is 1. The number of aliphatic hydroxyl groups is 2. The molecule has 0 amide bonds. The molecule has 0 fully saturated rings. The number of phenols is 1. The number of hydrogen-bond donors (Lipinski definition) is 3. The van der Waals surface area contributed by atoms with Gasteiger partial charge in [0.2, 0.25) is 0 Å². The Labute approximate surface area is 119 Å². The molecule has 0 aromatic heterocycles. The normalized spacial score (nSPS) is 14.3. The highest BCUT2D eigenvalue weighted by Gasteiger charge is 2.13. The molecule has 0 bridgehead atoms. The van der Waals surface area contributed by atoms with Gasteiger partial charge in [0.25, 0.3) is 0 Å². The van der Waals surface area contributed by atoms with E-state index >= 15 is 0 Å². The number of aldehydes is 1. The highest BCUT2D eigenvalue weighted by molar-refractivity contribution is 5.85. The Morgan fingerprint density at radius 1 is 1.25 bits per heavy atom. The van der Waals surface area contributed by atoms with Crippen LogP contribution in [0.4, 0.5) is 0 Å². The molecular formula is C16H22O4. The fourth-order valence-corrected chi connectivity index (χ4v) is 1.95. The molecule has 110 valence electrons. The summed E-state index contributed by atoms with van der Waals surface area (Å²) in [6, 6.07) is 4.71. The molecule has 0 radical (unpaired) electrons. The molecule has 1 aromatic carbocycles. The highest BCUT2D eigenvalue weighted by Crippen LogP contribution is 2.20. The molecule has 4 heteroatoms. The van der Waals surface area contributed by atoms with Crippen molar-refractivity contribution in [2.75, 3.05) is 0 Å². The van der Waals surface area contributed by atoms with Crippen molar-refractivity contribution in [2.45, 2.75) is 44.8 Å². The van der Waals surface area contributed by atoms with E-state index < -0.39 is 12.2 Å². The van der Waals surface area contributed by atoms with E-state index in [-0.39, 0.29) is 11.3 Å². The summed E-state index contributed by atoms with van der Waals surface area (Å²) in [7, 11) is 0. The van der Waals surface area contributed by atoms with E-state index in [1.54, 1.807) is 12.1 Å². The van der Waals surface area contributed by atoms with Crippen molar-refractivity contribution >= 4 is 12.4 Å². The molecule has 0 heterocycles. The smallest absolute Gasteiger partial charge is 0.154 e. The molecule has 1 rings (SSSR count). The number of aliphatic hydroxyl groups excluding tert-OH is 2. The number of hydrogen-bond acceptors (Lipinski definition) is 4. The topological polar surface area (TPSA) is 77.8 Å². The van der Waals surface area contributed by atoms with Gasteiger partial charge in [-0.15, -0.1) is 0 Å². The summed E-state index contributed by atoms with van der Waals surface area (Å²) < 4.78 is 0. The average Bonchev–Trinajstić information content (AvgIpc) is 2.44. The third-order valence-electron chi connectivity index (χ3n) is 3.21. The van der Waals surface area contributed by atoms with Crippen molar-refractivity contribution in [1.82, 2.24) is 0 Å². The maximum Gasteiger partial charge on any atom is 0.154 e. The van der Waals surface area contributed by atoms with Crippen molar-refractivity contribution in [3.63, 3.8) is 0 Å². The summed E-state index contributed by atoms with van der Waals surface area (Å²) in [5, 5.41) is 29.1. The minimum absolute atomic E-state index is 0.0971. The summed E-state index contributed by atoms with van der Waals surface area (Å²) in [6.07, 6.45) is 5.26. The van der Waals surface area contributed by atoms with Crippen LogP contribution >= 0.6 is 0 Å². The van der Waals surface area contributed by atoms with Crippen molar-refractivity contribution in [2.24, 2.45) is 0 Å². The lowest BCUT2D eigenvalue weighted by molar-refractivity contribution is 0.0420. The predicted molar refractivity (Wildman–Crippen MR) is 78.7 cm³/mol. The van der Waals surface area contributed by atoms with Gasteiger partial charge in [0, 0.05) is 0 Å². The van der Waals surface area contributed by atoms with Crippen molar-refractivity contribution in [1.29, 1.82) is 0 Å². The third-order valence-corrected chi connectivity index (χ3v) is 3.21. The zero-order valence-electron chi connectivity index (χ0n) is 11.7. The van der Waals surface area contributed by atoms with Crippen LogP contribution in [0.3, 0.4) is 0 Å². The van der Waals surface area contributed by atoms with E-state index in [1.165, 1.54) is 18.2 Å². The largest absolute Gasteiger partial charge is 0.507 e. The molecule has 3 N–H and O–H groups in total. The summed E-state index contributed by atoms with van der Waals surface area (Å²) in [5.41, 5.74) is 0.691. The lowest BCUT2D eigenvalue weighted by Gasteiger charge is -2.14. The van der Waals surface area contributed by atoms with Gasteiger partial charge in [-0.2, -0.15) is 0 Å². The van der Waals surface area contributed by atoms with E-state index in [0.29, 0.717) is 18.3 Å². The van der Waals surface area contributed by atoms with E-state index in [9.17, 15) is 20.1 Å². The third kappa shape index (κ3) is 4.79. The molecule has 20 heavy (non-hydrogen) atoms. The Morgan fingerprint density at radius 3 is 2.65 bits per heavy atom. The van der Waals surface area contributed by atoms with Gasteiger partial charge in [-0.05, 0) is 18.1 Å². The van der Waals surface area contributed by atoms with Gasteiger partial charge < -0.3 is 15.3 Å². The van der Waals surface area contributed by atoms with Gasteiger partial charge in [0.1, 0.15) is 5.75 Å². The fraction of sp³-hybridized carbons (Fsp3) is 0.438. The molecule has 0 unspecified atom stereocenters. The zero-order valence-corrected chi connectivity index (χ0v) is 11.7. The minimum Gasteiger partial charge on any atom is -0.507 e. The Bertz CT molecular complexity index is 454. The molecular weight excluding hydrogens is 256 g/mol. The molecule has 4 nitrogen and oxygen atoms in total. The number of carbonyl (C=O) groups excluding carboxylic acids is 1. The Balaban J connectivity index is 2.67. The van der Waals surface area contributed by atoms with E-state index in [1.807, 2.05) is 0 Å². The first-order chi connectivity index (χ1) is 9.60. The van der Waals surface area contributed by atoms with E-state index in [2.05, 4.69) is 6.92 Å². The highest BCUT2D eigenvalue weighted by atomic mass is 16.3. The first-order valence-corrected chi connectivity index (χ1v) is 6.91. The second-order valence-corrected chi connectivity index (χ2v) is 4.81. The second kappa shape index (κ2) is 8.51. The van der Waals surface area contributed by atoms with Crippen LogP contribution in [0.1, 0.15) is 48.5 Å². The molecule has 2 atom stereocenters. The predicted octanol–water partition coefficient (Wildman–Crippen LogP) is 2.52. The number of aromatic hydroxyl groups is 1. The molecule has 0 spiro atoms. The maximum absolute atomic E-state index is 10.9. The summed E-state index contributed by atoms with van der Waals surface area (Å²) in [5.74, 6) is -0.0971. The Kier molecular flexibility index (Phi) is 6.98. The van der Waals surface area contributed by atoms with Gasteiger partial charge in [-0.25, -0.2) is 0 Å². The summed E-state index contributed by atoms with van der Waals surface area (Å²) in [6.45, 7) is 2.07. The van der Waals surface area contributed by atoms with E-state index in [4.69, 9.17) is 0 Å². The number of unbranched alkanes of at least 4 members (excludes halogenated alkanes) is 2. The van der Waals surface area contributed by atoms with Crippen LogP contribution < -0.4 is 0 Å². The quantitative estimate of drug-likeness (QED) is 0.504. The first kappa shape index (κ1) is 16.4. The molecule has 0 aliphatic heterocycles. The Morgan fingerprint density at radius 2 is 2.00 bits per heavy atom. The number of carbonyl (C=O) groups is 1. The van der Waals surface area contributed by atoms with Crippen molar-refractivity contribution in [3.05, 3.63) is 35.4 Å². The molecule has 0 aliphatic rings. The summed E-state index contributed by atoms with van der Waals surface area (Å²) in [4.78, 5) is 10.9. The van der Waals surface area contributed by atoms with Crippen LogP contribution in [0, 0.1) is 0 Å². The zero-order chi connectivity index (χ0) is 15.0. The number of benzene rings is 1. The SMILES string of the molecule is CCCCC[C@H](O)[C@H](O)/C=C/c1cccc(O)c1C=O. The van der Waals surface area contributed by atoms with Gasteiger partial charge in [-0.1, -0.05) is 50.5 Å². The molecule has 0 aliphatic carbocycles. The first-order valence-electron chi connectivity index (χ1n) is 6.91. The second-order valence-electron chi connectivity index (χ2n) is 4.81. The van der Waals surface area contributed by atoms with Crippen LogP contribution in [0.15, 0.2) is 24.3 Å². The minimum atomic E-state index is -0.978. The lowest BCUT2D eigenvalue weighted by atomic mass is 10.0. The van der Waals surface area contributed by atoms with E-state index in [0.717, 1.165) is 19.3 Å². The lowest BCUT2D eigenvalue weighted by Crippen LogP contribution is -2.23. The van der Waals surface area contributed by atoms with Crippen LogP contribution in [-0.4, -0.2) is 33.8 Å². The average molecular weight is 278 g/mol. The van der Waals surface area contributed by atoms with Crippen molar-refractivity contribution < 1.29 is 20.1 Å². The van der Waals surface area contributed by atoms with Crippen LogP contribution in [0.5, 0.6) is 5.75 Å². The van der Waals surface area contributed by atoms with Crippen LogP contribution in [0.2, 0.25) is 0 Å². The fourth-order valence-electron chi connectivity index (χ4n) is 1.95. The molecule has 1 aromatic rings. The molecule has 0 saturated carbocycles. The standard InChI is InChI=1S/C16H22O4/c1-2-3-4-7-15(19)16(20)10-9-12-6-5-8-14(18)13(12)11-17/h5-6,8-11,15-16,18-20H,2-4,7H2,1H3/b10-9+/t15-,16+/m0/s1.